The molecular weight excluding hydrogens is 410 g/mol. The lowest BCUT2D eigenvalue weighted by molar-refractivity contribution is -0.138. The van der Waals surface area contributed by atoms with Gasteiger partial charge in [0.05, 0.1) is 18.0 Å². The summed E-state index contributed by atoms with van der Waals surface area (Å²) in [5, 5.41) is 6.69. The van der Waals surface area contributed by atoms with E-state index in [0.29, 0.717) is 12.5 Å². The van der Waals surface area contributed by atoms with Crippen LogP contribution in [0.15, 0.2) is 24.3 Å². The lowest BCUT2D eigenvalue weighted by Crippen LogP contribution is -2.55. The highest BCUT2D eigenvalue weighted by molar-refractivity contribution is 8.01. The molecule has 2 aliphatic heterocycles. The number of methoxy groups -OCH3 is 1. The smallest absolute Gasteiger partial charge is 0.238 e. The monoisotopic (exact) mass is 445 g/mol. The zero-order chi connectivity index (χ0) is 21.7. The number of hydrogen-bond donors (Lipinski definition) is 2. The number of benzene rings is 1. The van der Waals surface area contributed by atoms with Crippen LogP contribution in [0, 0.1) is 5.92 Å². The summed E-state index contributed by atoms with van der Waals surface area (Å²) in [6.45, 7) is 2.20. The molecule has 1 aliphatic carbocycles. The van der Waals surface area contributed by atoms with Gasteiger partial charge >= 0.3 is 0 Å². The number of amides is 2. The Morgan fingerprint density at radius 1 is 1.19 bits per heavy atom. The van der Waals surface area contributed by atoms with Crippen molar-refractivity contribution in [1.29, 1.82) is 0 Å². The molecular formula is C24H35N3O3S. The van der Waals surface area contributed by atoms with Crippen molar-refractivity contribution in [3.8, 4) is 5.75 Å². The fourth-order valence-corrected chi connectivity index (χ4v) is 6.54. The molecule has 1 unspecified atom stereocenters. The first kappa shape index (κ1) is 22.5. The minimum atomic E-state index is -0.164. The predicted octanol–water partition coefficient (Wildman–Crippen LogP) is 2.96. The van der Waals surface area contributed by atoms with Crippen molar-refractivity contribution in [2.24, 2.45) is 5.92 Å². The number of carbonyl (C=O) groups excluding carboxylic acids is 2. The standard InChI is InChI=1S/C24H35N3O3S/c1-30-21-10-6-5-7-18(21)11-14-25-22(28)20-17-31-24(26-20)12-15-27(16-13-24)23(29)19-8-3-2-4-9-19/h5-7,10,19-20,26H,2-4,8-9,11-17H2,1H3,(H,25,28). The third kappa shape index (κ3) is 5.37. The van der Waals surface area contributed by atoms with Gasteiger partial charge in [-0.05, 0) is 43.7 Å². The molecule has 1 saturated carbocycles. The lowest BCUT2D eigenvalue weighted by atomic mass is 9.87. The van der Waals surface area contributed by atoms with Gasteiger partial charge in [0.2, 0.25) is 11.8 Å². The van der Waals surface area contributed by atoms with Gasteiger partial charge in [-0.25, -0.2) is 0 Å². The van der Waals surface area contributed by atoms with E-state index in [1.807, 2.05) is 36.0 Å². The van der Waals surface area contributed by atoms with Gasteiger partial charge in [-0.1, -0.05) is 37.5 Å². The van der Waals surface area contributed by atoms with Crippen molar-refractivity contribution in [3.05, 3.63) is 29.8 Å². The van der Waals surface area contributed by atoms with Crippen LogP contribution >= 0.6 is 11.8 Å². The van der Waals surface area contributed by atoms with Gasteiger partial charge in [0.15, 0.2) is 0 Å². The van der Waals surface area contributed by atoms with Gasteiger partial charge in [-0.3, -0.25) is 14.9 Å². The Bertz CT molecular complexity index is 773. The van der Waals surface area contributed by atoms with E-state index in [1.54, 1.807) is 7.11 Å². The summed E-state index contributed by atoms with van der Waals surface area (Å²) >= 11 is 1.86. The van der Waals surface area contributed by atoms with Crippen LogP contribution in [-0.2, 0) is 16.0 Å². The van der Waals surface area contributed by atoms with Gasteiger partial charge in [0.1, 0.15) is 5.75 Å². The molecule has 0 aromatic heterocycles. The van der Waals surface area contributed by atoms with E-state index in [-0.39, 0.29) is 22.7 Å². The molecule has 31 heavy (non-hydrogen) atoms. The normalized spacial score (nSPS) is 23.6. The van der Waals surface area contributed by atoms with E-state index in [9.17, 15) is 9.59 Å². The molecule has 1 aromatic carbocycles. The van der Waals surface area contributed by atoms with E-state index in [1.165, 1.54) is 19.3 Å². The molecule has 1 atom stereocenters. The first-order valence-electron chi connectivity index (χ1n) is 11.7. The first-order valence-corrected chi connectivity index (χ1v) is 12.7. The molecule has 4 rings (SSSR count). The van der Waals surface area contributed by atoms with Crippen molar-refractivity contribution >= 4 is 23.6 Å². The highest BCUT2D eigenvalue weighted by atomic mass is 32.2. The third-order valence-electron chi connectivity index (χ3n) is 7.00. The summed E-state index contributed by atoms with van der Waals surface area (Å²) in [7, 11) is 1.67. The van der Waals surface area contributed by atoms with Gasteiger partial charge in [-0.2, -0.15) is 0 Å². The van der Waals surface area contributed by atoms with Crippen molar-refractivity contribution in [1.82, 2.24) is 15.5 Å². The summed E-state index contributed by atoms with van der Waals surface area (Å²) < 4.78 is 5.39. The van der Waals surface area contributed by atoms with Crippen LogP contribution in [0.4, 0.5) is 0 Å². The Morgan fingerprint density at radius 2 is 1.94 bits per heavy atom. The second-order valence-electron chi connectivity index (χ2n) is 9.02. The van der Waals surface area contributed by atoms with Crippen LogP contribution in [0.3, 0.4) is 0 Å². The average Bonchev–Trinajstić information content (AvgIpc) is 3.23. The molecule has 7 heteroatoms. The number of carbonyl (C=O) groups is 2. The number of nitrogens with zero attached hydrogens (tertiary/aromatic N) is 1. The van der Waals surface area contributed by atoms with Crippen molar-refractivity contribution in [3.63, 3.8) is 0 Å². The fourth-order valence-electron chi connectivity index (χ4n) is 5.12. The second-order valence-corrected chi connectivity index (χ2v) is 10.4. The molecule has 0 bridgehead atoms. The first-order chi connectivity index (χ1) is 15.1. The summed E-state index contributed by atoms with van der Waals surface area (Å²) in [6.07, 6.45) is 8.37. The molecule has 2 heterocycles. The maximum absolute atomic E-state index is 12.8. The van der Waals surface area contributed by atoms with E-state index >= 15 is 0 Å². The number of piperidine rings is 1. The summed E-state index contributed by atoms with van der Waals surface area (Å²) in [5.41, 5.74) is 1.10. The predicted molar refractivity (Wildman–Crippen MR) is 124 cm³/mol. The van der Waals surface area contributed by atoms with Crippen LogP contribution in [-0.4, -0.2) is 60.1 Å². The van der Waals surface area contributed by atoms with Crippen LogP contribution in [0.25, 0.3) is 0 Å². The topological polar surface area (TPSA) is 70.7 Å². The molecule has 3 aliphatic rings. The van der Waals surface area contributed by atoms with E-state index in [0.717, 1.165) is 62.3 Å². The summed E-state index contributed by atoms with van der Waals surface area (Å²) in [4.78, 5) is 27.6. The molecule has 170 valence electrons. The zero-order valence-electron chi connectivity index (χ0n) is 18.5. The van der Waals surface area contributed by atoms with Gasteiger partial charge in [-0.15, -0.1) is 11.8 Å². The Morgan fingerprint density at radius 3 is 2.68 bits per heavy atom. The third-order valence-corrected chi connectivity index (χ3v) is 8.58. The largest absolute Gasteiger partial charge is 0.496 e. The number of para-hydroxylation sites is 1. The van der Waals surface area contributed by atoms with Crippen molar-refractivity contribution in [2.45, 2.75) is 62.3 Å². The van der Waals surface area contributed by atoms with Gasteiger partial charge < -0.3 is 15.0 Å². The molecule has 1 spiro atoms. The number of likely N-dealkylation sites (tertiary alicyclic amines) is 1. The van der Waals surface area contributed by atoms with Crippen molar-refractivity contribution < 1.29 is 14.3 Å². The summed E-state index contributed by atoms with van der Waals surface area (Å²) in [6, 6.07) is 7.76. The van der Waals surface area contributed by atoms with E-state index in [4.69, 9.17) is 4.74 Å². The average molecular weight is 446 g/mol. The highest BCUT2D eigenvalue weighted by Crippen LogP contribution is 2.40. The van der Waals surface area contributed by atoms with Crippen LogP contribution in [0.1, 0.15) is 50.5 Å². The molecule has 2 N–H and O–H groups in total. The SMILES string of the molecule is COc1ccccc1CCNC(=O)C1CSC2(CCN(C(=O)C3CCCCC3)CC2)N1. The summed E-state index contributed by atoms with van der Waals surface area (Å²) in [5.74, 6) is 2.33. The Kier molecular flexibility index (Phi) is 7.43. The van der Waals surface area contributed by atoms with Crippen molar-refractivity contribution in [2.75, 3.05) is 32.5 Å². The Labute approximate surface area is 189 Å². The number of rotatable bonds is 6. The molecule has 3 fully saturated rings. The lowest BCUT2D eigenvalue weighted by Gasteiger charge is -2.40. The molecule has 6 nitrogen and oxygen atoms in total. The van der Waals surface area contributed by atoms with E-state index in [2.05, 4.69) is 15.5 Å². The van der Waals surface area contributed by atoms with Crippen LogP contribution < -0.4 is 15.4 Å². The number of ether oxygens (including phenoxy) is 1. The minimum absolute atomic E-state index is 0.0615. The Balaban J connectivity index is 1.22. The highest BCUT2D eigenvalue weighted by Gasteiger charge is 2.44. The van der Waals surface area contributed by atoms with Crippen LogP contribution in [0.5, 0.6) is 5.75 Å². The van der Waals surface area contributed by atoms with E-state index < -0.39 is 0 Å². The molecule has 1 aromatic rings. The maximum atomic E-state index is 12.8. The van der Waals surface area contributed by atoms with Gasteiger partial charge in [0.25, 0.3) is 0 Å². The fraction of sp³-hybridized carbons (Fsp3) is 0.667. The number of nitrogens with one attached hydrogen (secondary N) is 2. The number of hydrogen-bond acceptors (Lipinski definition) is 5. The van der Waals surface area contributed by atoms with Gasteiger partial charge in [0, 0.05) is 31.3 Å². The molecule has 0 radical (unpaired) electrons. The minimum Gasteiger partial charge on any atom is -0.496 e. The molecule has 2 amide bonds. The Hall–Kier alpha value is -1.73. The second kappa shape index (κ2) is 10.3. The quantitative estimate of drug-likeness (QED) is 0.705. The zero-order valence-corrected chi connectivity index (χ0v) is 19.3. The number of thioether (sulfide) groups is 1. The van der Waals surface area contributed by atoms with Crippen LogP contribution in [0.2, 0.25) is 0 Å². The molecule has 2 saturated heterocycles. The maximum Gasteiger partial charge on any atom is 0.238 e.